The van der Waals surface area contributed by atoms with Crippen molar-refractivity contribution in [1.82, 2.24) is 20.7 Å². The molecule has 0 radical (unpaired) electrons. The lowest BCUT2D eigenvalue weighted by molar-refractivity contribution is 0.0946. The van der Waals surface area contributed by atoms with Crippen LogP contribution in [0, 0.1) is 12.7 Å². The van der Waals surface area contributed by atoms with Crippen LogP contribution in [0.3, 0.4) is 0 Å². The molecule has 0 fully saturated rings. The molecule has 1 heterocycles. The Hall–Kier alpha value is -2.74. The van der Waals surface area contributed by atoms with Gasteiger partial charge in [0, 0.05) is 13.6 Å². The number of amides is 1. The molecule has 0 atom stereocenters. The zero-order chi connectivity index (χ0) is 21.1. The van der Waals surface area contributed by atoms with Crippen LogP contribution in [0.5, 0.6) is 0 Å². The minimum Gasteiger partial charge on any atom is -0.347 e. The van der Waals surface area contributed by atoms with Gasteiger partial charge in [-0.05, 0) is 31.5 Å². The summed E-state index contributed by atoms with van der Waals surface area (Å²) in [6, 6.07) is 4.26. The highest BCUT2D eigenvalue weighted by Gasteiger charge is 2.16. The third-order valence-corrected chi connectivity index (χ3v) is 3.68. The molecule has 2 rings (SSSR count). The summed E-state index contributed by atoms with van der Waals surface area (Å²) in [7, 11) is 1.64. The first-order valence-electron chi connectivity index (χ1n) is 8.83. The van der Waals surface area contributed by atoms with E-state index in [-0.39, 0.29) is 17.3 Å². The van der Waals surface area contributed by atoms with Crippen LogP contribution in [0.15, 0.2) is 29.5 Å². The van der Waals surface area contributed by atoms with Crippen LogP contribution >= 0.6 is 11.6 Å². The summed E-state index contributed by atoms with van der Waals surface area (Å²) in [6.45, 7) is 7.95. The molecule has 28 heavy (non-hydrogen) atoms. The smallest absolute Gasteiger partial charge is 0.272 e. The number of hydrazine groups is 1. The zero-order valence-corrected chi connectivity index (χ0v) is 17.5. The summed E-state index contributed by atoms with van der Waals surface area (Å²) in [5.74, 6) is -0.273. The molecule has 0 spiro atoms. The fraction of sp³-hybridized carbons (Fsp3) is 0.368. The number of aryl methyl sites for hydroxylation is 1. The van der Waals surface area contributed by atoms with Gasteiger partial charge >= 0.3 is 0 Å². The lowest BCUT2D eigenvalue weighted by atomic mass is 10.2. The van der Waals surface area contributed by atoms with Crippen LogP contribution in [0.25, 0.3) is 0 Å². The molecule has 1 amide bonds. The van der Waals surface area contributed by atoms with E-state index < -0.39 is 11.7 Å². The second-order valence-electron chi connectivity index (χ2n) is 5.88. The first kappa shape index (κ1) is 23.3. The van der Waals surface area contributed by atoms with Gasteiger partial charge in [-0.1, -0.05) is 37.9 Å². The Balaban J connectivity index is 0.00000122. The molecule has 2 aromatic rings. The highest BCUT2D eigenvalue weighted by molar-refractivity contribution is 6.30. The molecule has 0 saturated heterocycles. The number of aliphatic imine (C=N–C) groups is 1. The molecule has 0 aliphatic heterocycles. The van der Waals surface area contributed by atoms with Gasteiger partial charge in [-0.25, -0.2) is 14.4 Å². The zero-order valence-electron chi connectivity index (χ0n) is 16.7. The summed E-state index contributed by atoms with van der Waals surface area (Å²) in [5, 5.41) is 2.73. The maximum absolute atomic E-state index is 13.2. The van der Waals surface area contributed by atoms with E-state index in [1.807, 2.05) is 0 Å². The van der Waals surface area contributed by atoms with Crippen molar-refractivity contribution < 1.29 is 9.18 Å². The molecule has 7 nitrogen and oxygen atoms in total. The second kappa shape index (κ2) is 11.9. The number of carbonyl (C=O) groups is 1. The van der Waals surface area contributed by atoms with Gasteiger partial charge in [0.25, 0.3) is 5.91 Å². The lowest BCUT2D eigenvalue weighted by Gasteiger charge is -2.14. The van der Waals surface area contributed by atoms with E-state index in [0.29, 0.717) is 22.8 Å². The number of aromatic nitrogens is 2. The predicted molar refractivity (Wildman–Crippen MR) is 111 cm³/mol. The van der Waals surface area contributed by atoms with Gasteiger partial charge in [-0.3, -0.25) is 20.6 Å². The fourth-order valence-electron chi connectivity index (χ4n) is 1.92. The Bertz CT molecular complexity index is 828. The monoisotopic (exact) mass is 408 g/mol. The van der Waals surface area contributed by atoms with E-state index in [9.17, 15) is 9.18 Å². The van der Waals surface area contributed by atoms with Crippen molar-refractivity contribution in [3.63, 3.8) is 0 Å². The van der Waals surface area contributed by atoms with E-state index in [1.165, 1.54) is 24.9 Å². The third-order valence-electron chi connectivity index (χ3n) is 3.39. The van der Waals surface area contributed by atoms with Crippen molar-refractivity contribution in [2.45, 2.75) is 40.7 Å². The van der Waals surface area contributed by atoms with Gasteiger partial charge in [0.1, 0.15) is 23.7 Å². The molecule has 3 N–H and O–H groups in total. The molecule has 0 unspecified atom stereocenters. The molecule has 1 aromatic heterocycles. The number of benzene rings is 1. The van der Waals surface area contributed by atoms with Crippen molar-refractivity contribution >= 4 is 29.0 Å². The number of hydrogen-bond donors (Lipinski definition) is 3. The van der Waals surface area contributed by atoms with Crippen molar-refractivity contribution in [3.05, 3.63) is 52.3 Å². The summed E-state index contributed by atoms with van der Waals surface area (Å²) in [6.07, 6.45) is 2.56. The summed E-state index contributed by atoms with van der Waals surface area (Å²) < 4.78 is 13.2. The average molecular weight is 409 g/mol. The van der Waals surface area contributed by atoms with Crippen LogP contribution in [-0.4, -0.2) is 28.8 Å². The minimum atomic E-state index is -0.506. The van der Waals surface area contributed by atoms with Crippen LogP contribution in [0.4, 0.5) is 10.1 Å². The summed E-state index contributed by atoms with van der Waals surface area (Å²) in [5.41, 5.74) is 7.64. The van der Waals surface area contributed by atoms with E-state index in [4.69, 9.17) is 11.6 Å². The molecule has 1 aromatic carbocycles. The van der Waals surface area contributed by atoms with Gasteiger partial charge in [-0.15, -0.1) is 0 Å². The number of hydrogen-bond acceptors (Lipinski definition) is 5. The Morgan fingerprint density at radius 3 is 2.57 bits per heavy atom. The van der Waals surface area contributed by atoms with Gasteiger partial charge in [0.15, 0.2) is 5.69 Å². The molecular weight excluding hydrogens is 383 g/mol. The van der Waals surface area contributed by atoms with E-state index in [1.54, 1.807) is 27.0 Å². The van der Waals surface area contributed by atoms with Gasteiger partial charge < -0.3 is 5.32 Å². The van der Waals surface area contributed by atoms with Crippen molar-refractivity contribution in [2.75, 3.05) is 12.5 Å². The van der Waals surface area contributed by atoms with Gasteiger partial charge in [-0.2, -0.15) is 0 Å². The Morgan fingerprint density at radius 1 is 1.29 bits per heavy atom. The lowest BCUT2D eigenvalue weighted by Crippen LogP contribution is -2.31. The van der Waals surface area contributed by atoms with Crippen molar-refractivity contribution in [2.24, 2.45) is 4.99 Å². The minimum absolute atomic E-state index is 0.00510. The quantitative estimate of drug-likeness (QED) is 0.396. The number of anilines is 1. The van der Waals surface area contributed by atoms with Gasteiger partial charge in [0.2, 0.25) is 0 Å². The van der Waals surface area contributed by atoms with Crippen LogP contribution < -0.4 is 16.2 Å². The molecule has 9 heteroatoms. The number of halogens is 2. The number of rotatable bonds is 5. The largest absolute Gasteiger partial charge is 0.347 e. The topological polar surface area (TPSA) is 91.3 Å². The Kier molecular flexibility index (Phi) is 9.87. The maximum Gasteiger partial charge on any atom is 0.272 e. The number of nitrogens with zero attached hydrogens (tertiary/aromatic N) is 3. The Morgan fingerprint density at radius 2 is 1.96 bits per heavy atom. The molecule has 0 aliphatic carbocycles. The number of nitrogens with one attached hydrogen (secondary N) is 3. The first-order chi connectivity index (χ1) is 13.3. The van der Waals surface area contributed by atoms with E-state index >= 15 is 0 Å². The molecular formula is C19H26ClFN6O. The third kappa shape index (κ3) is 7.11. The number of carbonyl (C=O) groups excluding carboxylic acids is 1. The molecule has 0 bridgehead atoms. The van der Waals surface area contributed by atoms with Gasteiger partial charge in [0.05, 0.1) is 10.7 Å². The van der Waals surface area contributed by atoms with E-state index in [0.717, 1.165) is 0 Å². The fourth-order valence-corrected chi connectivity index (χ4v) is 2.12. The first-order valence-corrected chi connectivity index (χ1v) is 9.20. The number of amidine groups is 1. The highest BCUT2D eigenvalue weighted by Crippen LogP contribution is 2.17. The standard InChI is InChI=1S/C16H18ClFN6O.C3H8/c1-9-14(24-23-10(2)19-3)15(22-8-21-9)16(25)20-7-11-4-5-13(18)12(17)6-11;1-3-2/h4-6,8,24H,7H2,1-3H3,(H,19,23)(H,20,25);3H2,1-2H3. The summed E-state index contributed by atoms with van der Waals surface area (Å²) >= 11 is 5.74. The van der Waals surface area contributed by atoms with Crippen LogP contribution in [0.2, 0.25) is 5.02 Å². The molecule has 0 saturated carbocycles. The maximum atomic E-state index is 13.2. The SMILES string of the molecule is CCC.CN=C(C)NNc1c(C)ncnc1C(=O)NCc1ccc(F)c(Cl)c1. The van der Waals surface area contributed by atoms with E-state index in [2.05, 4.69) is 45.0 Å². The average Bonchev–Trinajstić information content (AvgIpc) is 2.67. The normalized spacial score (nSPS) is 10.6. The van der Waals surface area contributed by atoms with Crippen molar-refractivity contribution in [3.8, 4) is 0 Å². The van der Waals surface area contributed by atoms with Crippen molar-refractivity contribution in [1.29, 1.82) is 0 Å². The Labute approximate surface area is 169 Å². The van der Waals surface area contributed by atoms with Crippen LogP contribution in [0.1, 0.15) is 48.9 Å². The molecule has 0 aliphatic rings. The highest BCUT2D eigenvalue weighted by atomic mass is 35.5. The second-order valence-corrected chi connectivity index (χ2v) is 6.29. The van der Waals surface area contributed by atoms with Crippen LogP contribution in [-0.2, 0) is 6.54 Å². The summed E-state index contributed by atoms with van der Waals surface area (Å²) in [4.78, 5) is 24.5. The molecule has 152 valence electrons. The predicted octanol–water partition coefficient (Wildman–Crippen LogP) is 3.89.